The average molecular weight is 109 g/mol. The van der Waals surface area contributed by atoms with Gasteiger partial charge in [0.1, 0.15) is 0 Å². The predicted octanol–water partition coefficient (Wildman–Crippen LogP) is 0.170. The number of hydrogen-bond donors (Lipinski definition) is 0. The van der Waals surface area contributed by atoms with Gasteiger partial charge >= 0.3 is 0 Å². The van der Waals surface area contributed by atoms with E-state index in [0.717, 1.165) is 13.1 Å². The van der Waals surface area contributed by atoms with Crippen LogP contribution >= 0.6 is 0 Å². The lowest BCUT2D eigenvalue weighted by atomic mass is 10.6. The molecule has 1 fully saturated rings. The first kappa shape index (κ1) is 5.13. The molecule has 42 valence electrons. The molecule has 0 aromatic heterocycles. The summed E-state index contributed by atoms with van der Waals surface area (Å²) in [5, 5.41) is 0. The second-order valence-corrected chi connectivity index (χ2v) is 1.67. The maximum Gasteiger partial charge on any atom is 0.254 e. The van der Waals surface area contributed by atoms with Gasteiger partial charge in [0.2, 0.25) is 0 Å². The van der Waals surface area contributed by atoms with E-state index in [-0.39, 0.29) is 5.91 Å². The van der Waals surface area contributed by atoms with Gasteiger partial charge in [-0.05, 0) is 0 Å². The summed E-state index contributed by atoms with van der Waals surface area (Å²) in [4.78, 5) is 12.3. The smallest absolute Gasteiger partial charge is 0.254 e. The van der Waals surface area contributed by atoms with Gasteiger partial charge in [-0.3, -0.25) is 4.79 Å². The highest BCUT2D eigenvalue weighted by molar-refractivity contribution is 5.88. The van der Waals surface area contributed by atoms with Crippen molar-refractivity contribution in [2.75, 3.05) is 13.1 Å². The van der Waals surface area contributed by atoms with Gasteiger partial charge in [-0.15, -0.1) is 5.73 Å². The average Bonchev–Trinajstić information content (AvgIpc) is 2.45. The van der Waals surface area contributed by atoms with Gasteiger partial charge in [0, 0.05) is 19.2 Å². The normalized spacial score (nSPS) is 14.8. The van der Waals surface area contributed by atoms with Gasteiger partial charge in [-0.25, -0.2) is 0 Å². The monoisotopic (exact) mass is 109 g/mol. The van der Waals surface area contributed by atoms with Crippen molar-refractivity contribution in [3.05, 3.63) is 18.4 Å². The molecule has 0 N–H and O–H groups in total. The van der Waals surface area contributed by atoms with Crippen LogP contribution in [0.3, 0.4) is 0 Å². The Morgan fingerprint density at radius 1 is 1.75 bits per heavy atom. The zero-order valence-electron chi connectivity index (χ0n) is 4.55. The highest BCUT2D eigenvalue weighted by Gasteiger charge is 2.20. The number of nitrogens with zero attached hydrogens (tertiary/aromatic N) is 1. The fourth-order valence-corrected chi connectivity index (χ4v) is 0.449. The molecule has 2 heteroatoms. The van der Waals surface area contributed by atoms with Crippen LogP contribution in [0.5, 0.6) is 0 Å². The first-order valence-electron chi connectivity index (χ1n) is 2.49. The Morgan fingerprint density at radius 3 is 2.75 bits per heavy atom. The standard InChI is InChI=1S/C6H7NO/c1-2-3-6(8)7-4-5-7/h3H,1,4-5H2. The van der Waals surface area contributed by atoms with Crippen molar-refractivity contribution in [2.24, 2.45) is 0 Å². The summed E-state index contributed by atoms with van der Waals surface area (Å²) >= 11 is 0. The number of amides is 1. The minimum Gasteiger partial charge on any atom is -0.335 e. The Morgan fingerprint density at radius 2 is 2.38 bits per heavy atom. The van der Waals surface area contributed by atoms with Gasteiger partial charge in [0.15, 0.2) is 0 Å². The maximum atomic E-state index is 10.6. The van der Waals surface area contributed by atoms with Crippen LogP contribution in [0.25, 0.3) is 0 Å². The Labute approximate surface area is 48.1 Å². The van der Waals surface area contributed by atoms with E-state index in [2.05, 4.69) is 12.3 Å². The van der Waals surface area contributed by atoms with Crippen LogP contribution in [0.4, 0.5) is 0 Å². The van der Waals surface area contributed by atoms with Gasteiger partial charge in [0.25, 0.3) is 5.91 Å². The van der Waals surface area contributed by atoms with Crippen molar-refractivity contribution < 1.29 is 4.79 Å². The van der Waals surface area contributed by atoms with E-state index in [1.165, 1.54) is 6.08 Å². The Hall–Kier alpha value is -1.01. The zero-order chi connectivity index (χ0) is 5.98. The van der Waals surface area contributed by atoms with Crippen molar-refractivity contribution in [1.29, 1.82) is 0 Å². The summed E-state index contributed by atoms with van der Waals surface area (Å²) in [6.07, 6.45) is 1.35. The van der Waals surface area contributed by atoms with E-state index in [1.807, 2.05) is 0 Å². The first-order valence-corrected chi connectivity index (χ1v) is 2.49. The molecule has 1 aliphatic rings. The minimum absolute atomic E-state index is 0.0278. The maximum absolute atomic E-state index is 10.6. The van der Waals surface area contributed by atoms with Crippen LogP contribution in [-0.2, 0) is 4.79 Å². The lowest BCUT2D eigenvalue weighted by Gasteiger charge is -1.87. The summed E-state index contributed by atoms with van der Waals surface area (Å²) in [5.41, 5.74) is 2.42. The molecule has 0 aromatic carbocycles. The van der Waals surface area contributed by atoms with Crippen LogP contribution in [0.15, 0.2) is 18.4 Å². The number of rotatable bonds is 1. The van der Waals surface area contributed by atoms with Gasteiger partial charge in [-0.2, -0.15) is 0 Å². The van der Waals surface area contributed by atoms with Crippen LogP contribution in [-0.4, -0.2) is 23.9 Å². The minimum atomic E-state index is 0.0278. The predicted molar refractivity (Wildman–Crippen MR) is 30.3 cm³/mol. The fraction of sp³-hybridized carbons (Fsp3) is 0.333. The second kappa shape index (κ2) is 1.85. The Bertz CT molecular complexity index is 152. The number of hydrogen-bond acceptors (Lipinski definition) is 1. The molecule has 0 unspecified atom stereocenters. The highest BCUT2D eigenvalue weighted by atomic mass is 16.2. The molecule has 1 rings (SSSR count). The molecule has 0 aliphatic carbocycles. The van der Waals surface area contributed by atoms with Crippen LogP contribution in [0.1, 0.15) is 0 Å². The molecule has 1 amide bonds. The molecule has 0 radical (unpaired) electrons. The third-order valence-electron chi connectivity index (χ3n) is 0.984. The molecule has 1 aliphatic heterocycles. The molecular weight excluding hydrogens is 102 g/mol. The van der Waals surface area contributed by atoms with Crippen molar-refractivity contribution in [3.8, 4) is 0 Å². The molecule has 1 heterocycles. The van der Waals surface area contributed by atoms with E-state index in [0.29, 0.717) is 0 Å². The van der Waals surface area contributed by atoms with E-state index in [4.69, 9.17) is 0 Å². The SMILES string of the molecule is C=C=CC(=O)N1CC1. The molecule has 8 heavy (non-hydrogen) atoms. The lowest BCUT2D eigenvalue weighted by molar-refractivity contribution is -0.120. The Balaban J connectivity index is 2.44. The molecule has 2 nitrogen and oxygen atoms in total. The summed E-state index contributed by atoms with van der Waals surface area (Å²) in [7, 11) is 0. The molecule has 0 bridgehead atoms. The van der Waals surface area contributed by atoms with E-state index in [1.54, 1.807) is 4.90 Å². The lowest BCUT2D eigenvalue weighted by Crippen LogP contribution is -2.04. The van der Waals surface area contributed by atoms with Crippen LogP contribution in [0, 0.1) is 0 Å². The molecule has 0 atom stereocenters. The summed E-state index contributed by atoms with van der Waals surface area (Å²) in [5.74, 6) is 0.0278. The number of carbonyl (C=O) groups is 1. The third kappa shape index (κ3) is 0.983. The summed E-state index contributed by atoms with van der Waals surface area (Å²) < 4.78 is 0. The van der Waals surface area contributed by atoms with Crippen molar-refractivity contribution in [1.82, 2.24) is 4.90 Å². The van der Waals surface area contributed by atoms with E-state index in [9.17, 15) is 4.79 Å². The van der Waals surface area contributed by atoms with Crippen molar-refractivity contribution in [2.45, 2.75) is 0 Å². The molecule has 0 saturated carbocycles. The summed E-state index contributed by atoms with van der Waals surface area (Å²) in [6.45, 7) is 5.08. The van der Waals surface area contributed by atoms with Gasteiger partial charge in [-0.1, -0.05) is 6.58 Å². The van der Waals surface area contributed by atoms with Crippen LogP contribution < -0.4 is 0 Å². The topological polar surface area (TPSA) is 20.1 Å². The first-order chi connectivity index (χ1) is 3.84. The van der Waals surface area contributed by atoms with E-state index < -0.39 is 0 Å². The van der Waals surface area contributed by atoms with Crippen LogP contribution in [0.2, 0.25) is 0 Å². The van der Waals surface area contributed by atoms with E-state index >= 15 is 0 Å². The summed E-state index contributed by atoms with van der Waals surface area (Å²) in [6, 6.07) is 0. The third-order valence-corrected chi connectivity index (χ3v) is 0.984. The molecular formula is C6H7NO. The Kier molecular flexibility index (Phi) is 1.18. The molecule has 0 spiro atoms. The highest BCUT2D eigenvalue weighted by Crippen LogP contribution is 2.02. The second-order valence-electron chi connectivity index (χ2n) is 1.67. The number of carbonyl (C=O) groups excluding carboxylic acids is 1. The molecule has 1 saturated heterocycles. The molecule has 0 aromatic rings. The van der Waals surface area contributed by atoms with Crippen molar-refractivity contribution >= 4 is 5.91 Å². The van der Waals surface area contributed by atoms with Crippen molar-refractivity contribution in [3.63, 3.8) is 0 Å². The quantitative estimate of drug-likeness (QED) is 0.267. The zero-order valence-corrected chi connectivity index (χ0v) is 4.55. The van der Waals surface area contributed by atoms with Gasteiger partial charge < -0.3 is 4.90 Å². The fourth-order valence-electron chi connectivity index (χ4n) is 0.449. The van der Waals surface area contributed by atoms with Gasteiger partial charge in [0.05, 0.1) is 0 Å². The largest absolute Gasteiger partial charge is 0.335 e.